The van der Waals surface area contributed by atoms with Gasteiger partial charge in [0.25, 0.3) is 0 Å². The Bertz CT molecular complexity index is 420. The van der Waals surface area contributed by atoms with Crippen LogP contribution in [0.3, 0.4) is 0 Å². The highest BCUT2D eigenvalue weighted by atomic mass is 16.3. The molecule has 0 aromatic heterocycles. The number of nitrogens with one attached hydrogen (secondary N) is 1. The number of carbonyl (C=O) groups excluding carboxylic acids is 1. The van der Waals surface area contributed by atoms with E-state index in [1.807, 2.05) is 6.07 Å². The average Bonchev–Trinajstić information content (AvgIpc) is 2.76. The smallest absolute Gasteiger partial charge is 0.224 e. The fraction of sp³-hybridized carbons (Fsp3) is 0.500. The molecule has 2 unspecified atom stereocenters. The summed E-state index contributed by atoms with van der Waals surface area (Å²) in [6.45, 7) is 0.636. The van der Waals surface area contributed by atoms with Crippen molar-refractivity contribution in [2.45, 2.75) is 31.7 Å². The van der Waals surface area contributed by atoms with Crippen molar-refractivity contribution in [3.63, 3.8) is 0 Å². The van der Waals surface area contributed by atoms with Crippen molar-refractivity contribution in [1.29, 1.82) is 0 Å². The largest absolute Gasteiger partial charge is 0.508 e. The van der Waals surface area contributed by atoms with Crippen LogP contribution >= 0.6 is 0 Å². The number of hydrogen-bond donors (Lipinski definition) is 3. The van der Waals surface area contributed by atoms with Crippen LogP contribution in [-0.4, -0.2) is 23.6 Å². The zero-order valence-electron chi connectivity index (χ0n) is 10.4. The Hall–Kier alpha value is -1.55. The van der Waals surface area contributed by atoms with E-state index in [9.17, 15) is 9.90 Å². The number of nitrogens with two attached hydrogens (primary N) is 1. The number of amides is 1. The van der Waals surface area contributed by atoms with Gasteiger partial charge >= 0.3 is 0 Å². The second-order valence-electron chi connectivity index (χ2n) is 4.95. The van der Waals surface area contributed by atoms with Crippen LogP contribution in [0.5, 0.6) is 5.75 Å². The summed E-state index contributed by atoms with van der Waals surface area (Å²) < 4.78 is 0. The van der Waals surface area contributed by atoms with Crippen molar-refractivity contribution in [3.05, 3.63) is 29.8 Å². The van der Waals surface area contributed by atoms with E-state index in [-0.39, 0.29) is 17.7 Å². The third-order valence-corrected chi connectivity index (χ3v) is 3.58. The lowest BCUT2D eigenvalue weighted by atomic mass is 10.0. The van der Waals surface area contributed by atoms with Gasteiger partial charge in [0, 0.05) is 6.04 Å². The summed E-state index contributed by atoms with van der Waals surface area (Å²) in [6, 6.07) is 7.03. The van der Waals surface area contributed by atoms with Crippen molar-refractivity contribution < 1.29 is 9.90 Å². The zero-order valence-corrected chi connectivity index (χ0v) is 10.4. The van der Waals surface area contributed by atoms with E-state index < -0.39 is 0 Å². The lowest BCUT2D eigenvalue weighted by Crippen LogP contribution is -2.40. The van der Waals surface area contributed by atoms with Gasteiger partial charge in [0.15, 0.2) is 0 Å². The summed E-state index contributed by atoms with van der Waals surface area (Å²) in [5, 5.41) is 12.4. The van der Waals surface area contributed by atoms with E-state index in [1.165, 1.54) is 0 Å². The lowest BCUT2D eigenvalue weighted by Gasteiger charge is -2.19. The van der Waals surface area contributed by atoms with Crippen molar-refractivity contribution in [2.75, 3.05) is 6.54 Å². The van der Waals surface area contributed by atoms with E-state index >= 15 is 0 Å². The standard InChI is InChI=1S/C14H20N2O2/c15-9-11-4-2-6-13(11)16-14(18)8-10-3-1-5-12(17)7-10/h1,3,5,7,11,13,17H,2,4,6,8-9,15H2,(H,16,18). The molecule has 0 heterocycles. The molecule has 0 bridgehead atoms. The van der Waals surface area contributed by atoms with Crippen LogP contribution in [0, 0.1) is 5.92 Å². The minimum atomic E-state index is 0.00551. The van der Waals surface area contributed by atoms with Gasteiger partial charge in [0.2, 0.25) is 5.91 Å². The Morgan fingerprint density at radius 3 is 3.00 bits per heavy atom. The van der Waals surface area contributed by atoms with Crippen LogP contribution in [-0.2, 0) is 11.2 Å². The molecule has 2 rings (SSSR count). The molecule has 1 amide bonds. The Labute approximate surface area is 107 Å². The molecule has 1 fully saturated rings. The number of phenols is 1. The second kappa shape index (κ2) is 5.87. The maximum atomic E-state index is 11.9. The molecule has 1 aromatic rings. The van der Waals surface area contributed by atoms with Gasteiger partial charge in [-0.15, -0.1) is 0 Å². The Kier molecular flexibility index (Phi) is 4.20. The molecule has 0 spiro atoms. The third-order valence-electron chi connectivity index (χ3n) is 3.58. The van der Waals surface area contributed by atoms with Gasteiger partial charge in [-0.05, 0) is 43.0 Å². The highest BCUT2D eigenvalue weighted by Crippen LogP contribution is 2.24. The molecular formula is C14H20N2O2. The molecule has 4 N–H and O–H groups in total. The van der Waals surface area contributed by atoms with E-state index in [0.29, 0.717) is 18.9 Å². The van der Waals surface area contributed by atoms with Gasteiger partial charge in [0.1, 0.15) is 5.75 Å². The number of hydrogen-bond acceptors (Lipinski definition) is 3. The van der Waals surface area contributed by atoms with E-state index in [1.54, 1.807) is 18.2 Å². The van der Waals surface area contributed by atoms with Crippen LogP contribution < -0.4 is 11.1 Å². The van der Waals surface area contributed by atoms with Gasteiger partial charge in [-0.1, -0.05) is 18.6 Å². The van der Waals surface area contributed by atoms with E-state index in [0.717, 1.165) is 24.8 Å². The number of phenolic OH excluding ortho intramolecular Hbond substituents is 1. The second-order valence-corrected chi connectivity index (χ2v) is 4.95. The van der Waals surface area contributed by atoms with Crippen molar-refractivity contribution in [1.82, 2.24) is 5.32 Å². The molecule has 18 heavy (non-hydrogen) atoms. The summed E-state index contributed by atoms with van der Waals surface area (Å²) in [5.41, 5.74) is 6.52. The molecular weight excluding hydrogens is 228 g/mol. The summed E-state index contributed by atoms with van der Waals surface area (Å²) in [4.78, 5) is 11.9. The number of benzene rings is 1. The number of rotatable bonds is 4. The van der Waals surface area contributed by atoms with Crippen molar-refractivity contribution in [3.8, 4) is 5.75 Å². The normalized spacial score (nSPS) is 22.9. The molecule has 4 heteroatoms. The highest BCUT2D eigenvalue weighted by molar-refractivity contribution is 5.79. The molecule has 1 aromatic carbocycles. The van der Waals surface area contributed by atoms with Gasteiger partial charge in [0.05, 0.1) is 6.42 Å². The van der Waals surface area contributed by atoms with Crippen LogP contribution in [0.4, 0.5) is 0 Å². The Morgan fingerprint density at radius 1 is 1.44 bits per heavy atom. The molecule has 4 nitrogen and oxygen atoms in total. The van der Waals surface area contributed by atoms with Crippen LogP contribution in [0.25, 0.3) is 0 Å². The Balaban J connectivity index is 1.89. The maximum absolute atomic E-state index is 11.9. The molecule has 1 saturated carbocycles. The molecule has 98 valence electrons. The van der Waals surface area contributed by atoms with Crippen molar-refractivity contribution in [2.24, 2.45) is 11.7 Å². The predicted octanol–water partition coefficient (Wildman–Crippen LogP) is 1.18. The number of carbonyl (C=O) groups is 1. The SMILES string of the molecule is NCC1CCCC1NC(=O)Cc1cccc(O)c1. The lowest BCUT2D eigenvalue weighted by molar-refractivity contribution is -0.121. The first-order valence-corrected chi connectivity index (χ1v) is 6.46. The van der Waals surface area contributed by atoms with Gasteiger partial charge in [-0.25, -0.2) is 0 Å². The fourth-order valence-electron chi connectivity index (χ4n) is 2.62. The quantitative estimate of drug-likeness (QED) is 0.749. The molecule has 1 aliphatic carbocycles. The summed E-state index contributed by atoms with van der Waals surface area (Å²) in [7, 11) is 0. The zero-order chi connectivity index (χ0) is 13.0. The molecule has 0 radical (unpaired) electrons. The summed E-state index contributed by atoms with van der Waals surface area (Å²) >= 11 is 0. The van der Waals surface area contributed by atoms with Gasteiger partial charge in [-0.2, -0.15) is 0 Å². The van der Waals surface area contributed by atoms with Crippen LogP contribution in [0.2, 0.25) is 0 Å². The molecule has 0 saturated heterocycles. The maximum Gasteiger partial charge on any atom is 0.224 e. The molecule has 0 aliphatic heterocycles. The van der Waals surface area contributed by atoms with E-state index in [4.69, 9.17) is 5.73 Å². The highest BCUT2D eigenvalue weighted by Gasteiger charge is 2.27. The van der Waals surface area contributed by atoms with Gasteiger partial charge in [-0.3, -0.25) is 4.79 Å². The number of aromatic hydroxyl groups is 1. The monoisotopic (exact) mass is 248 g/mol. The fourth-order valence-corrected chi connectivity index (χ4v) is 2.62. The topological polar surface area (TPSA) is 75.3 Å². The van der Waals surface area contributed by atoms with Crippen LogP contribution in [0.15, 0.2) is 24.3 Å². The average molecular weight is 248 g/mol. The first-order chi connectivity index (χ1) is 8.69. The predicted molar refractivity (Wildman–Crippen MR) is 70.1 cm³/mol. The first-order valence-electron chi connectivity index (χ1n) is 6.46. The minimum absolute atomic E-state index is 0.00551. The Morgan fingerprint density at radius 2 is 2.28 bits per heavy atom. The first kappa shape index (κ1) is 12.9. The van der Waals surface area contributed by atoms with Crippen molar-refractivity contribution >= 4 is 5.91 Å². The summed E-state index contributed by atoms with van der Waals surface area (Å²) in [5.74, 6) is 0.616. The van der Waals surface area contributed by atoms with E-state index in [2.05, 4.69) is 5.32 Å². The van der Waals surface area contributed by atoms with Crippen LogP contribution in [0.1, 0.15) is 24.8 Å². The molecule has 1 aliphatic rings. The minimum Gasteiger partial charge on any atom is -0.508 e. The molecule has 2 atom stereocenters. The summed E-state index contributed by atoms with van der Waals surface area (Å²) in [6.07, 6.45) is 3.57. The van der Waals surface area contributed by atoms with Gasteiger partial charge < -0.3 is 16.2 Å². The third kappa shape index (κ3) is 3.23.